The number of rotatable bonds is 7. The van der Waals surface area contributed by atoms with Crippen molar-refractivity contribution in [1.29, 1.82) is 0 Å². The first kappa shape index (κ1) is 19.2. The van der Waals surface area contributed by atoms with E-state index in [0.717, 1.165) is 51.6 Å². The number of imidazole rings is 1. The number of aryl methyl sites for hydroxylation is 1. The minimum Gasteiger partial charge on any atom is -0.464 e. The third kappa shape index (κ3) is 4.06. The molecule has 0 aliphatic carbocycles. The molecule has 0 radical (unpaired) electrons. The lowest BCUT2D eigenvalue weighted by Crippen LogP contribution is -2.33. The van der Waals surface area contributed by atoms with Gasteiger partial charge in [0.05, 0.1) is 6.61 Å². The second-order valence-corrected chi connectivity index (χ2v) is 6.96. The van der Waals surface area contributed by atoms with Crippen molar-refractivity contribution in [2.24, 2.45) is 7.05 Å². The molecule has 0 aromatic carbocycles. The predicted octanol–water partition coefficient (Wildman–Crippen LogP) is 1.15. The summed E-state index contributed by atoms with van der Waals surface area (Å²) in [6.07, 6.45) is 6.07. The molecule has 0 spiro atoms. The van der Waals surface area contributed by atoms with E-state index in [9.17, 15) is 14.4 Å². The van der Waals surface area contributed by atoms with Crippen molar-refractivity contribution in [3.63, 3.8) is 0 Å². The highest BCUT2D eigenvalue weighted by molar-refractivity contribution is 5.78. The molecule has 1 aliphatic rings. The maximum Gasteiger partial charge on any atom is 0.329 e. The summed E-state index contributed by atoms with van der Waals surface area (Å²) in [6, 6.07) is 0. The first-order valence-corrected chi connectivity index (χ1v) is 9.63. The van der Waals surface area contributed by atoms with Crippen molar-refractivity contribution in [1.82, 2.24) is 19.1 Å². The second-order valence-electron chi connectivity index (χ2n) is 6.96. The SMILES string of the molecule is CCCCCOC(=O)Cn1c(N2CCCCC2)nc2c1c(=O)[nH]c(=O)n2C. The molecule has 27 heavy (non-hydrogen) atoms. The molecule has 148 valence electrons. The van der Waals surface area contributed by atoms with E-state index in [1.165, 1.54) is 4.57 Å². The van der Waals surface area contributed by atoms with E-state index in [2.05, 4.69) is 21.8 Å². The van der Waals surface area contributed by atoms with Crippen molar-refractivity contribution >= 4 is 23.1 Å². The van der Waals surface area contributed by atoms with Crippen molar-refractivity contribution < 1.29 is 9.53 Å². The zero-order valence-electron chi connectivity index (χ0n) is 16.0. The van der Waals surface area contributed by atoms with Gasteiger partial charge in [0.25, 0.3) is 5.56 Å². The van der Waals surface area contributed by atoms with Crippen LogP contribution in [0.3, 0.4) is 0 Å². The smallest absolute Gasteiger partial charge is 0.329 e. The van der Waals surface area contributed by atoms with Crippen molar-refractivity contribution in [3.8, 4) is 0 Å². The number of hydrogen-bond acceptors (Lipinski definition) is 6. The van der Waals surface area contributed by atoms with Gasteiger partial charge in [0.2, 0.25) is 5.95 Å². The minimum absolute atomic E-state index is 0.101. The second kappa shape index (κ2) is 8.41. The van der Waals surface area contributed by atoms with E-state index in [1.807, 2.05) is 0 Å². The van der Waals surface area contributed by atoms with E-state index in [1.54, 1.807) is 11.6 Å². The topological polar surface area (TPSA) is 102 Å². The summed E-state index contributed by atoms with van der Waals surface area (Å²) in [5, 5.41) is 0. The van der Waals surface area contributed by atoms with Crippen molar-refractivity contribution in [3.05, 3.63) is 20.8 Å². The summed E-state index contributed by atoms with van der Waals surface area (Å²) in [7, 11) is 1.56. The van der Waals surface area contributed by atoms with Gasteiger partial charge < -0.3 is 9.64 Å². The molecule has 0 atom stereocenters. The summed E-state index contributed by atoms with van der Waals surface area (Å²) < 4.78 is 8.20. The van der Waals surface area contributed by atoms with Crippen LogP contribution in [0.5, 0.6) is 0 Å². The van der Waals surface area contributed by atoms with Crippen LogP contribution in [0.4, 0.5) is 5.95 Å². The van der Waals surface area contributed by atoms with E-state index >= 15 is 0 Å². The lowest BCUT2D eigenvalue weighted by molar-refractivity contribution is -0.144. The van der Waals surface area contributed by atoms with Crippen molar-refractivity contribution in [2.45, 2.75) is 52.0 Å². The number of anilines is 1. The molecule has 3 rings (SSSR count). The number of unbranched alkanes of at least 4 members (excludes halogenated alkanes) is 2. The average molecular weight is 377 g/mol. The highest BCUT2D eigenvalue weighted by Crippen LogP contribution is 2.23. The van der Waals surface area contributed by atoms with E-state index < -0.39 is 17.2 Å². The van der Waals surface area contributed by atoms with Gasteiger partial charge in [-0.2, -0.15) is 4.98 Å². The molecule has 2 aromatic heterocycles. The summed E-state index contributed by atoms with van der Waals surface area (Å²) in [5.74, 6) is 0.138. The summed E-state index contributed by atoms with van der Waals surface area (Å²) in [6.45, 7) is 3.96. The van der Waals surface area contributed by atoms with Crippen LogP contribution < -0.4 is 16.1 Å². The number of nitrogens with one attached hydrogen (secondary N) is 1. The van der Waals surface area contributed by atoms with E-state index in [-0.39, 0.29) is 17.7 Å². The Hall–Kier alpha value is -2.58. The number of piperidine rings is 1. The Morgan fingerprint density at radius 1 is 1.19 bits per heavy atom. The van der Waals surface area contributed by atoms with Gasteiger partial charge in [-0.05, 0) is 25.7 Å². The third-order valence-electron chi connectivity index (χ3n) is 4.92. The summed E-state index contributed by atoms with van der Waals surface area (Å²) in [4.78, 5) is 45.6. The fourth-order valence-corrected chi connectivity index (χ4v) is 3.42. The molecule has 0 unspecified atom stereocenters. The highest BCUT2D eigenvalue weighted by Gasteiger charge is 2.24. The fraction of sp³-hybridized carbons (Fsp3) is 0.667. The van der Waals surface area contributed by atoms with Crippen LogP contribution in [-0.4, -0.2) is 44.8 Å². The van der Waals surface area contributed by atoms with Gasteiger partial charge in [-0.25, -0.2) is 4.79 Å². The third-order valence-corrected chi connectivity index (χ3v) is 4.92. The molecule has 9 nitrogen and oxygen atoms in total. The monoisotopic (exact) mass is 377 g/mol. The molecule has 1 saturated heterocycles. The summed E-state index contributed by atoms with van der Waals surface area (Å²) in [5.41, 5.74) is -0.557. The van der Waals surface area contributed by atoms with Crippen LogP contribution in [0.2, 0.25) is 0 Å². The first-order chi connectivity index (χ1) is 13.0. The maximum atomic E-state index is 12.4. The number of H-pyrrole nitrogens is 1. The fourth-order valence-electron chi connectivity index (χ4n) is 3.42. The highest BCUT2D eigenvalue weighted by atomic mass is 16.5. The van der Waals surface area contributed by atoms with E-state index in [4.69, 9.17) is 4.74 Å². The quantitative estimate of drug-likeness (QED) is 0.574. The van der Waals surface area contributed by atoms with Gasteiger partial charge in [-0.15, -0.1) is 0 Å². The Kier molecular flexibility index (Phi) is 5.98. The number of hydrogen-bond donors (Lipinski definition) is 1. The largest absolute Gasteiger partial charge is 0.464 e. The molecular formula is C18H27N5O4. The number of aromatic nitrogens is 4. The first-order valence-electron chi connectivity index (χ1n) is 9.63. The zero-order chi connectivity index (χ0) is 19.4. The van der Waals surface area contributed by atoms with E-state index in [0.29, 0.717) is 12.6 Å². The molecule has 0 saturated carbocycles. The van der Waals surface area contributed by atoms with Crippen LogP contribution in [0.15, 0.2) is 9.59 Å². The van der Waals surface area contributed by atoms with Gasteiger partial charge in [0.1, 0.15) is 6.54 Å². The molecule has 1 aliphatic heterocycles. The lowest BCUT2D eigenvalue weighted by atomic mass is 10.1. The zero-order valence-corrected chi connectivity index (χ0v) is 16.0. The molecule has 0 bridgehead atoms. The minimum atomic E-state index is -0.539. The number of carbonyl (C=O) groups excluding carboxylic acids is 1. The van der Waals surface area contributed by atoms with Crippen LogP contribution in [0.25, 0.3) is 11.2 Å². The molecule has 2 aromatic rings. The molecule has 0 amide bonds. The average Bonchev–Trinajstić information content (AvgIpc) is 3.04. The Morgan fingerprint density at radius 2 is 1.93 bits per heavy atom. The van der Waals surface area contributed by atoms with Gasteiger partial charge in [-0.3, -0.25) is 23.7 Å². The number of esters is 1. The Labute approximate surface area is 156 Å². The molecule has 1 fully saturated rings. The van der Waals surface area contributed by atoms with Gasteiger partial charge >= 0.3 is 11.7 Å². The van der Waals surface area contributed by atoms with Crippen LogP contribution >= 0.6 is 0 Å². The predicted molar refractivity (Wildman–Crippen MR) is 102 cm³/mol. The van der Waals surface area contributed by atoms with Crippen molar-refractivity contribution in [2.75, 3.05) is 24.6 Å². The lowest BCUT2D eigenvalue weighted by Gasteiger charge is -2.27. The normalized spacial score (nSPS) is 14.7. The Bertz CT molecular complexity index is 920. The maximum absolute atomic E-state index is 12.4. The van der Waals surface area contributed by atoms with Crippen LogP contribution in [-0.2, 0) is 23.1 Å². The van der Waals surface area contributed by atoms with Crippen LogP contribution in [0.1, 0.15) is 45.4 Å². The molecule has 3 heterocycles. The van der Waals surface area contributed by atoms with Gasteiger partial charge in [-0.1, -0.05) is 19.8 Å². The number of nitrogens with zero attached hydrogens (tertiary/aromatic N) is 4. The number of fused-ring (bicyclic) bond motifs is 1. The molecule has 9 heteroatoms. The number of aromatic amines is 1. The van der Waals surface area contributed by atoms with Crippen LogP contribution in [0, 0.1) is 0 Å². The molecular weight excluding hydrogens is 350 g/mol. The summed E-state index contributed by atoms with van der Waals surface area (Å²) >= 11 is 0. The number of ether oxygens (including phenoxy) is 1. The Balaban J connectivity index is 1.97. The van der Waals surface area contributed by atoms with Gasteiger partial charge in [0, 0.05) is 20.1 Å². The standard InChI is InChI=1S/C18H27N5O4/c1-3-4-8-11-27-13(24)12-23-14-15(21(2)18(26)20-16(14)25)19-17(23)22-9-6-5-7-10-22/h3-12H2,1-2H3,(H,20,25,26). The molecule has 1 N–H and O–H groups in total. The van der Waals surface area contributed by atoms with Gasteiger partial charge in [0.15, 0.2) is 11.2 Å². The Morgan fingerprint density at radius 3 is 2.63 bits per heavy atom. The number of carbonyl (C=O) groups is 1.